The molecule has 0 aliphatic rings. The third kappa shape index (κ3) is 3.99. The number of hydrogen-bond donors (Lipinski definition) is 4. The average molecular weight is 401 g/mol. The number of rotatable bonds is 10. The molecule has 160 valence electrons. The van der Waals surface area contributed by atoms with Crippen LogP contribution in [0.25, 0.3) is 0 Å². The van der Waals surface area contributed by atoms with Crippen LogP contribution in [0.4, 0.5) is 0 Å². The third-order valence-electron chi connectivity index (χ3n) is 6.37. The van der Waals surface area contributed by atoms with Crippen LogP contribution in [-0.2, 0) is 31.3 Å². The zero-order chi connectivity index (χ0) is 21.7. The fourth-order valence-corrected chi connectivity index (χ4v) is 4.23. The predicted octanol–water partition coefficient (Wildman–Crippen LogP) is 3.14. The molecular formula is C25H36O4. The second-order valence-electron chi connectivity index (χ2n) is 7.86. The zero-order valence-corrected chi connectivity index (χ0v) is 18.2. The van der Waals surface area contributed by atoms with Crippen molar-refractivity contribution in [2.75, 3.05) is 19.8 Å². The van der Waals surface area contributed by atoms with Gasteiger partial charge in [0.15, 0.2) is 0 Å². The quantitative estimate of drug-likeness (QED) is 0.494. The molecule has 2 aromatic rings. The van der Waals surface area contributed by atoms with Crippen LogP contribution in [0.15, 0.2) is 36.4 Å². The number of aliphatic hydroxyl groups excluding tert-OH is 3. The highest BCUT2D eigenvalue weighted by Gasteiger charge is 2.53. The average Bonchev–Trinajstić information content (AvgIpc) is 2.79. The van der Waals surface area contributed by atoms with Crippen LogP contribution in [0.2, 0.25) is 0 Å². The molecule has 0 bridgehead atoms. The molecule has 29 heavy (non-hydrogen) atoms. The van der Waals surface area contributed by atoms with E-state index in [1.807, 2.05) is 38.1 Å². The van der Waals surface area contributed by atoms with Crippen molar-refractivity contribution in [3.8, 4) is 0 Å². The molecule has 4 N–H and O–H groups in total. The van der Waals surface area contributed by atoms with Gasteiger partial charge in [-0.25, -0.2) is 0 Å². The lowest BCUT2D eigenvalue weighted by molar-refractivity contribution is -0.136. The monoisotopic (exact) mass is 400 g/mol. The van der Waals surface area contributed by atoms with Crippen LogP contribution in [-0.4, -0.2) is 40.2 Å². The summed E-state index contributed by atoms with van der Waals surface area (Å²) in [7, 11) is 0. The molecule has 2 rings (SSSR count). The van der Waals surface area contributed by atoms with E-state index in [2.05, 4.69) is 26.0 Å². The van der Waals surface area contributed by atoms with Crippen molar-refractivity contribution in [1.82, 2.24) is 0 Å². The van der Waals surface area contributed by atoms with E-state index in [-0.39, 0.29) is 0 Å². The first kappa shape index (κ1) is 23.6. The third-order valence-corrected chi connectivity index (χ3v) is 6.37. The lowest BCUT2D eigenvalue weighted by Crippen LogP contribution is -2.55. The first-order valence-corrected chi connectivity index (χ1v) is 10.7. The van der Waals surface area contributed by atoms with Crippen molar-refractivity contribution >= 4 is 0 Å². The molecule has 0 saturated carbocycles. The van der Waals surface area contributed by atoms with E-state index in [1.165, 1.54) is 0 Å². The van der Waals surface area contributed by atoms with Crippen molar-refractivity contribution < 1.29 is 20.4 Å². The Morgan fingerprint density at radius 1 is 0.621 bits per heavy atom. The number of aliphatic hydroxyl groups is 4. The molecule has 0 heterocycles. The molecule has 0 aromatic heterocycles. The van der Waals surface area contributed by atoms with E-state index in [4.69, 9.17) is 0 Å². The summed E-state index contributed by atoms with van der Waals surface area (Å²) in [6.07, 6.45) is 3.14. The first-order valence-electron chi connectivity index (χ1n) is 10.7. The maximum absolute atomic E-state index is 12.3. The van der Waals surface area contributed by atoms with Gasteiger partial charge in [-0.1, -0.05) is 64.1 Å². The Kier molecular flexibility index (Phi) is 8.01. The number of hydrogen-bond acceptors (Lipinski definition) is 4. The van der Waals surface area contributed by atoms with Crippen molar-refractivity contribution in [1.29, 1.82) is 0 Å². The minimum atomic E-state index is -1.74. The van der Waals surface area contributed by atoms with Crippen LogP contribution in [0.1, 0.15) is 61.1 Å². The second-order valence-corrected chi connectivity index (χ2v) is 7.86. The lowest BCUT2D eigenvalue weighted by atomic mass is 9.63. The Balaban J connectivity index is 2.93. The standard InChI is InChI=1S/C25H36O4/c1-5-18-9-11-22(20(7-3)13-18)25(29,24(15-26,16-27)17-28)23-12-10-19(6-2)14-21(23)8-4/h9-14,26-29H,5-8,15-17H2,1-4H3. The maximum Gasteiger partial charge on any atom is 0.127 e. The minimum Gasteiger partial charge on any atom is -0.395 e. The molecule has 2 aromatic carbocycles. The highest BCUT2D eigenvalue weighted by atomic mass is 16.3. The highest BCUT2D eigenvalue weighted by molar-refractivity contribution is 5.49. The molecule has 4 nitrogen and oxygen atoms in total. The molecule has 0 aliphatic carbocycles. The topological polar surface area (TPSA) is 80.9 Å². The Bertz CT molecular complexity index is 745. The van der Waals surface area contributed by atoms with E-state index in [0.29, 0.717) is 24.0 Å². The summed E-state index contributed by atoms with van der Waals surface area (Å²) in [6, 6.07) is 11.9. The predicted molar refractivity (Wildman–Crippen MR) is 117 cm³/mol. The van der Waals surface area contributed by atoms with Crippen LogP contribution < -0.4 is 0 Å². The SMILES string of the molecule is CCc1ccc(C(O)(c2ccc(CC)cc2CC)C(CO)(CO)CO)c(CC)c1. The zero-order valence-electron chi connectivity index (χ0n) is 18.2. The van der Waals surface area contributed by atoms with Crippen molar-refractivity contribution in [2.24, 2.45) is 5.41 Å². The van der Waals surface area contributed by atoms with Gasteiger partial charge in [-0.15, -0.1) is 0 Å². The van der Waals surface area contributed by atoms with Crippen LogP contribution in [0, 0.1) is 5.41 Å². The van der Waals surface area contributed by atoms with Gasteiger partial charge < -0.3 is 20.4 Å². The molecular weight excluding hydrogens is 364 g/mol. The summed E-state index contributed by atoms with van der Waals surface area (Å²) >= 11 is 0. The summed E-state index contributed by atoms with van der Waals surface area (Å²) in [6.45, 7) is 6.57. The smallest absolute Gasteiger partial charge is 0.127 e. The van der Waals surface area contributed by atoms with Gasteiger partial charge in [-0.2, -0.15) is 0 Å². The van der Waals surface area contributed by atoms with Crippen molar-refractivity contribution in [2.45, 2.75) is 59.0 Å². The van der Waals surface area contributed by atoms with E-state index >= 15 is 0 Å². The molecule has 0 amide bonds. The lowest BCUT2D eigenvalue weighted by Gasteiger charge is -2.46. The molecule has 0 spiro atoms. The van der Waals surface area contributed by atoms with Gasteiger partial charge in [-0.05, 0) is 59.1 Å². The number of aryl methyl sites for hydroxylation is 4. The molecule has 0 radical (unpaired) electrons. The number of benzene rings is 2. The molecule has 0 saturated heterocycles. The van der Waals surface area contributed by atoms with E-state index in [0.717, 1.165) is 35.1 Å². The van der Waals surface area contributed by atoms with E-state index < -0.39 is 30.8 Å². The summed E-state index contributed by atoms with van der Waals surface area (Å²) in [4.78, 5) is 0. The summed E-state index contributed by atoms with van der Waals surface area (Å²) in [5.41, 5.74) is 2.23. The Hall–Kier alpha value is -1.72. The fraction of sp³-hybridized carbons (Fsp3) is 0.520. The van der Waals surface area contributed by atoms with Gasteiger partial charge in [0.05, 0.1) is 25.2 Å². The van der Waals surface area contributed by atoms with Crippen LogP contribution in [0.5, 0.6) is 0 Å². The maximum atomic E-state index is 12.3. The van der Waals surface area contributed by atoms with Gasteiger partial charge in [0.1, 0.15) is 5.60 Å². The van der Waals surface area contributed by atoms with Gasteiger partial charge in [0.2, 0.25) is 0 Å². The van der Waals surface area contributed by atoms with Gasteiger partial charge >= 0.3 is 0 Å². The Morgan fingerprint density at radius 2 is 1.00 bits per heavy atom. The highest BCUT2D eigenvalue weighted by Crippen LogP contribution is 2.47. The summed E-state index contributed by atoms with van der Waals surface area (Å²) < 4.78 is 0. The van der Waals surface area contributed by atoms with E-state index in [9.17, 15) is 20.4 Å². The van der Waals surface area contributed by atoms with E-state index in [1.54, 1.807) is 0 Å². The molecule has 0 aliphatic heterocycles. The van der Waals surface area contributed by atoms with Crippen LogP contribution in [0.3, 0.4) is 0 Å². The van der Waals surface area contributed by atoms with Crippen LogP contribution >= 0.6 is 0 Å². The Morgan fingerprint density at radius 3 is 1.28 bits per heavy atom. The van der Waals surface area contributed by atoms with Gasteiger partial charge in [0, 0.05) is 0 Å². The van der Waals surface area contributed by atoms with Gasteiger partial charge in [0.25, 0.3) is 0 Å². The fourth-order valence-electron chi connectivity index (χ4n) is 4.23. The minimum absolute atomic E-state index is 0.548. The summed E-state index contributed by atoms with van der Waals surface area (Å²) in [5, 5.41) is 43.2. The molecule has 0 unspecified atom stereocenters. The van der Waals surface area contributed by atoms with Gasteiger partial charge in [-0.3, -0.25) is 0 Å². The van der Waals surface area contributed by atoms with Crippen molar-refractivity contribution in [3.63, 3.8) is 0 Å². The largest absolute Gasteiger partial charge is 0.395 e. The van der Waals surface area contributed by atoms with Crippen molar-refractivity contribution in [3.05, 3.63) is 69.8 Å². The molecule has 0 fully saturated rings. The summed E-state index contributed by atoms with van der Waals surface area (Å²) in [5.74, 6) is 0. The normalized spacial score (nSPS) is 12.4. The first-order chi connectivity index (χ1) is 13.9. The molecule has 4 heteroatoms. The Labute approximate surface area is 174 Å². The molecule has 0 atom stereocenters. The second kappa shape index (κ2) is 9.86.